The Labute approximate surface area is 82.1 Å². The molecule has 0 bridgehead atoms. The van der Waals surface area contributed by atoms with Gasteiger partial charge in [0, 0.05) is 20.2 Å². The normalized spacial score (nSPS) is 12.2. The zero-order valence-corrected chi connectivity index (χ0v) is 8.35. The Balaban J connectivity index is 2.83. The second kappa shape index (κ2) is 4.66. The fourth-order valence-corrected chi connectivity index (χ4v) is 0.986. The lowest BCUT2D eigenvalue weighted by Gasteiger charge is -2.14. The highest BCUT2D eigenvalue weighted by molar-refractivity contribution is 5.66. The number of ether oxygens (including phenoxy) is 2. The predicted octanol–water partition coefficient (Wildman–Crippen LogP) is 0.993. The first-order valence-electron chi connectivity index (χ1n) is 4.13. The topological polar surface area (TPSA) is 61.3 Å². The molecule has 0 aromatic carbocycles. The van der Waals surface area contributed by atoms with Crippen molar-refractivity contribution in [3.05, 3.63) is 23.8 Å². The van der Waals surface area contributed by atoms with Gasteiger partial charge >= 0.3 is 5.97 Å². The number of aryl methyl sites for hydroxylation is 1. The first-order chi connectivity index (χ1) is 6.63. The van der Waals surface area contributed by atoms with E-state index in [0.29, 0.717) is 11.5 Å². The molecule has 0 amide bonds. The van der Waals surface area contributed by atoms with Crippen LogP contribution in [0.15, 0.2) is 12.3 Å². The quantitative estimate of drug-likeness (QED) is 0.533. The van der Waals surface area contributed by atoms with Gasteiger partial charge in [-0.2, -0.15) is 0 Å². The largest absolute Gasteiger partial charge is 0.430 e. The molecular formula is C9H12N2O3. The minimum absolute atomic E-state index is 0.409. The van der Waals surface area contributed by atoms with E-state index in [2.05, 4.69) is 9.97 Å². The zero-order valence-electron chi connectivity index (χ0n) is 8.35. The number of carbonyl (C=O) groups is 1. The van der Waals surface area contributed by atoms with Gasteiger partial charge in [0.05, 0.1) is 0 Å². The number of rotatable bonds is 3. The van der Waals surface area contributed by atoms with Gasteiger partial charge in [-0.05, 0) is 13.0 Å². The molecule has 0 aliphatic carbocycles. The Morgan fingerprint density at radius 3 is 2.79 bits per heavy atom. The van der Waals surface area contributed by atoms with Crippen LogP contribution in [-0.4, -0.2) is 23.0 Å². The monoisotopic (exact) mass is 196 g/mol. The van der Waals surface area contributed by atoms with Gasteiger partial charge in [-0.15, -0.1) is 0 Å². The van der Waals surface area contributed by atoms with Crippen LogP contribution in [0.3, 0.4) is 0 Å². The number of hydrogen-bond acceptors (Lipinski definition) is 5. The Hall–Kier alpha value is -1.49. The van der Waals surface area contributed by atoms with Crippen molar-refractivity contribution in [1.29, 1.82) is 0 Å². The van der Waals surface area contributed by atoms with Crippen LogP contribution in [0.2, 0.25) is 0 Å². The molecule has 14 heavy (non-hydrogen) atoms. The van der Waals surface area contributed by atoms with Gasteiger partial charge in [0.1, 0.15) is 11.5 Å². The molecule has 76 valence electrons. The van der Waals surface area contributed by atoms with E-state index >= 15 is 0 Å². The Kier molecular flexibility index (Phi) is 3.53. The van der Waals surface area contributed by atoms with Crippen molar-refractivity contribution >= 4 is 5.97 Å². The highest BCUT2D eigenvalue weighted by Crippen LogP contribution is 2.15. The number of methoxy groups -OCH3 is 1. The van der Waals surface area contributed by atoms with Crippen LogP contribution in [-0.2, 0) is 14.3 Å². The summed E-state index contributed by atoms with van der Waals surface area (Å²) in [4.78, 5) is 18.7. The molecule has 0 aliphatic rings. The van der Waals surface area contributed by atoms with Crippen LogP contribution in [0.25, 0.3) is 0 Å². The van der Waals surface area contributed by atoms with Crippen LogP contribution in [0.5, 0.6) is 0 Å². The summed E-state index contributed by atoms with van der Waals surface area (Å²) in [6.07, 6.45) is 0.835. The number of esters is 1. The maximum atomic E-state index is 10.7. The van der Waals surface area contributed by atoms with Gasteiger partial charge in [0.25, 0.3) is 0 Å². The third-order valence-electron chi connectivity index (χ3n) is 1.53. The van der Waals surface area contributed by atoms with Crippen molar-refractivity contribution in [2.75, 3.05) is 7.11 Å². The zero-order chi connectivity index (χ0) is 10.6. The molecule has 5 heteroatoms. The summed E-state index contributed by atoms with van der Waals surface area (Å²) in [7, 11) is 1.45. The average Bonchev–Trinajstić information content (AvgIpc) is 2.14. The van der Waals surface area contributed by atoms with E-state index in [-0.39, 0.29) is 0 Å². The molecule has 0 N–H and O–H groups in total. The summed E-state index contributed by atoms with van der Waals surface area (Å²) in [5.41, 5.74) is 0.537. The highest BCUT2D eigenvalue weighted by atomic mass is 16.7. The number of nitrogens with zero attached hydrogens (tertiary/aromatic N) is 2. The molecule has 0 spiro atoms. The summed E-state index contributed by atoms with van der Waals surface area (Å²) in [5, 5.41) is 0. The highest BCUT2D eigenvalue weighted by Gasteiger charge is 2.14. The molecule has 0 aliphatic heterocycles. The lowest BCUT2D eigenvalue weighted by molar-refractivity contribution is -0.173. The lowest BCUT2D eigenvalue weighted by Crippen LogP contribution is -2.12. The van der Waals surface area contributed by atoms with Gasteiger partial charge in [-0.1, -0.05) is 0 Å². The van der Waals surface area contributed by atoms with E-state index in [0.717, 1.165) is 0 Å². The average molecular weight is 196 g/mol. The minimum Gasteiger partial charge on any atom is -0.430 e. The summed E-state index contributed by atoms with van der Waals surface area (Å²) in [6, 6.07) is 1.64. The van der Waals surface area contributed by atoms with E-state index in [9.17, 15) is 4.79 Å². The Morgan fingerprint density at radius 2 is 2.29 bits per heavy atom. The van der Waals surface area contributed by atoms with E-state index < -0.39 is 12.3 Å². The molecule has 0 fully saturated rings. The van der Waals surface area contributed by atoms with E-state index in [1.807, 2.05) is 0 Å². The van der Waals surface area contributed by atoms with Crippen molar-refractivity contribution in [1.82, 2.24) is 9.97 Å². The maximum Gasteiger partial charge on any atom is 0.305 e. The molecule has 0 saturated heterocycles. The van der Waals surface area contributed by atoms with Gasteiger partial charge in [0.2, 0.25) is 6.29 Å². The van der Waals surface area contributed by atoms with Gasteiger partial charge < -0.3 is 9.47 Å². The summed E-state index contributed by atoms with van der Waals surface area (Å²) < 4.78 is 9.86. The first kappa shape index (κ1) is 10.6. The second-order valence-electron chi connectivity index (χ2n) is 2.71. The lowest BCUT2D eigenvalue weighted by atomic mass is 10.4. The number of carbonyl (C=O) groups excluding carboxylic acids is 1. The Morgan fingerprint density at radius 1 is 1.57 bits per heavy atom. The Bertz CT molecular complexity index is 328. The molecule has 0 saturated carbocycles. The maximum absolute atomic E-state index is 10.7. The van der Waals surface area contributed by atoms with Gasteiger partial charge in [0.15, 0.2) is 0 Å². The molecule has 1 heterocycles. The summed E-state index contributed by atoms with van der Waals surface area (Å²) in [5.74, 6) is 0.199. The van der Waals surface area contributed by atoms with Crippen molar-refractivity contribution in [3.63, 3.8) is 0 Å². The van der Waals surface area contributed by atoms with E-state index in [4.69, 9.17) is 9.47 Å². The predicted molar refractivity (Wildman–Crippen MR) is 48.3 cm³/mol. The van der Waals surface area contributed by atoms with Crippen LogP contribution in [0.4, 0.5) is 0 Å². The van der Waals surface area contributed by atoms with E-state index in [1.165, 1.54) is 14.0 Å². The van der Waals surface area contributed by atoms with Crippen LogP contribution in [0.1, 0.15) is 24.7 Å². The first-order valence-corrected chi connectivity index (χ1v) is 4.13. The fraction of sp³-hybridized carbons (Fsp3) is 0.444. The van der Waals surface area contributed by atoms with Crippen molar-refractivity contribution < 1.29 is 14.3 Å². The molecule has 1 rings (SSSR count). The standard InChI is InChI=1S/C9H12N2O3/c1-6-10-5-4-8(11-6)9(13-3)14-7(2)12/h4-5,9H,1-3H3. The van der Waals surface area contributed by atoms with Crippen molar-refractivity contribution in [3.8, 4) is 0 Å². The van der Waals surface area contributed by atoms with Crippen LogP contribution < -0.4 is 0 Å². The molecule has 1 unspecified atom stereocenters. The molecule has 1 atom stereocenters. The molecule has 5 nitrogen and oxygen atoms in total. The summed E-state index contributed by atoms with van der Waals surface area (Å²) in [6.45, 7) is 3.07. The number of hydrogen-bond donors (Lipinski definition) is 0. The van der Waals surface area contributed by atoms with Gasteiger partial charge in [-0.25, -0.2) is 9.97 Å². The van der Waals surface area contributed by atoms with Crippen molar-refractivity contribution in [2.45, 2.75) is 20.1 Å². The molecule has 1 aromatic heterocycles. The van der Waals surface area contributed by atoms with Gasteiger partial charge in [-0.3, -0.25) is 4.79 Å². The van der Waals surface area contributed by atoms with E-state index in [1.54, 1.807) is 19.2 Å². The molecular weight excluding hydrogens is 184 g/mol. The minimum atomic E-state index is -0.755. The fourth-order valence-electron chi connectivity index (χ4n) is 0.986. The molecule has 0 radical (unpaired) electrons. The molecule has 1 aromatic rings. The second-order valence-corrected chi connectivity index (χ2v) is 2.71. The third kappa shape index (κ3) is 2.77. The number of aromatic nitrogens is 2. The SMILES string of the molecule is COC(OC(C)=O)c1ccnc(C)n1. The van der Waals surface area contributed by atoms with Crippen molar-refractivity contribution in [2.24, 2.45) is 0 Å². The summed E-state index contributed by atoms with van der Waals surface area (Å²) >= 11 is 0. The van der Waals surface area contributed by atoms with Crippen LogP contribution >= 0.6 is 0 Å². The smallest absolute Gasteiger partial charge is 0.305 e. The third-order valence-corrected chi connectivity index (χ3v) is 1.53. The van der Waals surface area contributed by atoms with Crippen LogP contribution in [0, 0.1) is 6.92 Å².